The molecule has 0 spiro atoms. The molecule has 10 heteroatoms. The Morgan fingerprint density at radius 3 is 2.79 bits per heavy atom. The summed E-state index contributed by atoms with van der Waals surface area (Å²) in [5.74, 6) is -0.436. The summed E-state index contributed by atoms with van der Waals surface area (Å²) in [6.45, 7) is 5.13. The van der Waals surface area contributed by atoms with Crippen molar-refractivity contribution in [3.63, 3.8) is 0 Å². The molecule has 1 aliphatic rings. The molecular weight excluding hydrogens is 464 g/mol. The molecule has 1 unspecified atom stereocenters. The fourth-order valence-electron chi connectivity index (χ4n) is 3.82. The average molecular weight is 495 g/mol. The molecule has 1 aromatic heterocycles. The molecule has 1 fully saturated rings. The second kappa shape index (κ2) is 12.4. The van der Waals surface area contributed by atoms with Crippen molar-refractivity contribution in [1.82, 2.24) is 20.2 Å². The van der Waals surface area contributed by atoms with Crippen LogP contribution in [0.5, 0.6) is 0 Å². The smallest absolute Gasteiger partial charge is 0.321 e. The Morgan fingerprint density at radius 2 is 2.06 bits per heavy atom. The van der Waals surface area contributed by atoms with Crippen LogP contribution in [0.3, 0.4) is 0 Å². The molecule has 3 amide bonds. The number of aromatic nitrogens is 2. The lowest BCUT2D eigenvalue weighted by molar-refractivity contribution is -0.119. The standard InChI is InChI=1S/C23H31ClN4O4S/c1-3-32-13-7-12-28-21(30)18-11-10-16(24)14-19(18)26-23(28)33-15(2)20(29)27-22(31)25-17-8-5-4-6-9-17/h10-11,14-15,17H,3-9,12-13H2,1-2H3,(H2,25,27,29,31). The molecule has 2 N–H and O–H groups in total. The van der Waals surface area contributed by atoms with E-state index in [-0.39, 0.29) is 11.6 Å². The number of urea groups is 1. The quantitative estimate of drug-likeness (QED) is 0.309. The van der Waals surface area contributed by atoms with Crippen molar-refractivity contribution in [3.8, 4) is 0 Å². The predicted molar refractivity (Wildman–Crippen MR) is 131 cm³/mol. The molecule has 0 aliphatic heterocycles. The van der Waals surface area contributed by atoms with Crippen molar-refractivity contribution in [2.24, 2.45) is 0 Å². The van der Waals surface area contributed by atoms with E-state index in [0.29, 0.717) is 47.3 Å². The van der Waals surface area contributed by atoms with E-state index in [0.717, 1.165) is 37.4 Å². The molecule has 33 heavy (non-hydrogen) atoms. The summed E-state index contributed by atoms with van der Waals surface area (Å²) in [6.07, 6.45) is 5.86. The van der Waals surface area contributed by atoms with Gasteiger partial charge >= 0.3 is 6.03 Å². The molecule has 1 heterocycles. The van der Waals surface area contributed by atoms with Crippen molar-refractivity contribution in [2.45, 2.75) is 75.4 Å². The second-order valence-electron chi connectivity index (χ2n) is 8.12. The van der Waals surface area contributed by atoms with E-state index >= 15 is 0 Å². The van der Waals surface area contributed by atoms with Gasteiger partial charge in [-0.3, -0.25) is 19.5 Å². The van der Waals surface area contributed by atoms with E-state index in [1.807, 2.05) is 6.92 Å². The Hall–Kier alpha value is -2.10. The number of nitrogens with zero attached hydrogens (tertiary/aromatic N) is 2. The highest BCUT2D eigenvalue weighted by molar-refractivity contribution is 8.00. The molecule has 8 nitrogen and oxygen atoms in total. The highest BCUT2D eigenvalue weighted by Crippen LogP contribution is 2.24. The van der Waals surface area contributed by atoms with Gasteiger partial charge in [-0.05, 0) is 51.3 Å². The maximum absolute atomic E-state index is 13.1. The van der Waals surface area contributed by atoms with Gasteiger partial charge in [-0.1, -0.05) is 42.6 Å². The second-order valence-corrected chi connectivity index (χ2v) is 9.87. The number of imide groups is 1. The zero-order valence-corrected chi connectivity index (χ0v) is 20.6. The predicted octanol–water partition coefficient (Wildman–Crippen LogP) is 4.12. The van der Waals surface area contributed by atoms with Crippen molar-refractivity contribution in [3.05, 3.63) is 33.6 Å². The average Bonchev–Trinajstić information content (AvgIpc) is 2.78. The molecule has 0 saturated heterocycles. The summed E-state index contributed by atoms with van der Waals surface area (Å²) in [5.41, 5.74) is 0.275. The van der Waals surface area contributed by atoms with Crippen molar-refractivity contribution >= 4 is 46.2 Å². The Bertz CT molecular complexity index is 1040. The minimum Gasteiger partial charge on any atom is -0.382 e. The third-order valence-corrected chi connectivity index (χ3v) is 6.91. The third-order valence-electron chi connectivity index (χ3n) is 5.59. The number of hydrogen-bond acceptors (Lipinski definition) is 6. The zero-order valence-electron chi connectivity index (χ0n) is 19.1. The van der Waals surface area contributed by atoms with Crippen LogP contribution in [0, 0.1) is 0 Å². The Labute approximate surface area is 202 Å². The first-order chi connectivity index (χ1) is 15.9. The molecule has 180 valence electrons. The number of carbonyl (C=O) groups excluding carboxylic acids is 2. The summed E-state index contributed by atoms with van der Waals surface area (Å²) >= 11 is 7.24. The van der Waals surface area contributed by atoms with E-state index < -0.39 is 17.2 Å². The largest absolute Gasteiger partial charge is 0.382 e. The van der Waals surface area contributed by atoms with Crippen molar-refractivity contribution in [1.29, 1.82) is 0 Å². The Balaban J connectivity index is 1.73. The fourth-order valence-corrected chi connectivity index (χ4v) is 4.92. The van der Waals surface area contributed by atoms with Crippen LogP contribution in [-0.2, 0) is 16.1 Å². The van der Waals surface area contributed by atoms with Gasteiger partial charge in [-0.25, -0.2) is 9.78 Å². The number of carbonyl (C=O) groups is 2. The topological polar surface area (TPSA) is 102 Å². The number of halogens is 1. The van der Waals surface area contributed by atoms with Crippen LogP contribution < -0.4 is 16.2 Å². The molecule has 3 rings (SSSR count). The van der Waals surface area contributed by atoms with Gasteiger partial charge in [-0.15, -0.1) is 0 Å². The normalized spacial score (nSPS) is 15.4. The third kappa shape index (κ3) is 7.19. The van der Waals surface area contributed by atoms with Gasteiger partial charge in [0.15, 0.2) is 5.16 Å². The van der Waals surface area contributed by atoms with E-state index in [1.54, 1.807) is 29.7 Å². The van der Waals surface area contributed by atoms with Crippen LogP contribution in [0.15, 0.2) is 28.2 Å². The highest BCUT2D eigenvalue weighted by Gasteiger charge is 2.23. The van der Waals surface area contributed by atoms with E-state index in [4.69, 9.17) is 16.3 Å². The summed E-state index contributed by atoms with van der Waals surface area (Å²) in [4.78, 5) is 42.7. The summed E-state index contributed by atoms with van der Waals surface area (Å²) in [5, 5.41) is 6.01. The van der Waals surface area contributed by atoms with Crippen LogP contribution in [0.1, 0.15) is 52.4 Å². The maximum Gasteiger partial charge on any atom is 0.321 e. The first-order valence-electron chi connectivity index (χ1n) is 11.4. The van der Waals surface area contributed by atoms with Gasteiger partial charge in [0, 0.05) is 30.8 Å². The fraction of sp³-hybridized carbons (Fsp3) is 0.565. The number of nitrogens with one attached hydrogen (secondary N) is 2. The number of hydrogen-bond donors (Lipinski definition) is 2. The van der Waals surface area contributed by atoms with Crippen molar-refractivity contribution < 1.29 is 14.3 Å². The highest BCUT2D eigenvalue weighted by atomic mass is 35.5. The number of rotatable bonds is 9. The van der Waals surface area contributed by atoms with E-state index in [2.05, 4.69) is 15.6 Å². The van der Waals surface area contributed by atoms with Gasteiger partial charge in [0.05, 0.1) is 16.2 Å². The van der Waals surface area contributed by atoms with E-state index in [1.165, 1.54) is 6.42 Å². The number of amides is 3. The van der Waals surface area contributed by atoms with Crippen molar-refractivity contribution in [2.75, 3.05) is 13.2 Å². The molecule has 1 saturated carbocycles. The molecular formula is C23H31ClN4O4S. The van der Waals surface area contributed by atoms with Gasteiger partial charge in [0.25, 0.3) is 5.56 Å². The maximum atomic E-state index is 13.1. The Kier molecular flexibility index (Phi) is 9.58. The lowest BCUT2D eigenvalue weighted by atomic mass is 9.96. The molecule has 0 bridgehead atoms. The van der Waals surface area contributed by atoms with Crippen LogP contribution >= 0.6 is 23.4 Å². The summed E-state index contributed by atoms with van der Waals surface area (Å²) < 4.78 is 6.96. The number of ether oxygens (including phenoxy) is 1. The van der Waals surface area contributed by atoms with Gasteiger partial charge < -0.3 is 10.1 Å². The minimum absolute atomic E-state index is 0.108. The first kappa shape index (κ1) is 25.5. The number of fused-ring (bicyclic) bond motifs is 1. The lowest BCUT2D eigenvalue weighted by Gasteiger charge is -2.23. The zero-order chi connectivity index (χ0) is 23.8. The minimum atomic E-state index is -0.635. The molecule has 1 atom stereocenters. The lowest BCUT2D eigenvalue weighted by Crippen LogP contribution is -2.47. The Morgan fingerprint density at radius 1 is 1.30 bits per heavy atom. The van der Waals surface area contributed by atoms with Gasteiger partial charge in [0.1, 0.15) is 0 Å². The summed E-state index contributed by atoms with van der Waals surface area (Å²) in [6, 6.07) is 4.58. The van der Waals surface area contributed by atoms with E-state index in [9.17, 15) is 14.4 Å². The van der Waals surface area contributed by atoms with Crippen LogP contribution in [0.4, 0.5) is 4.79 Å². The molecule has 1 aromatic carbocycles. The van der Waals surface area contributed by atoms with Crippen LogP contribution in [0.25, 0.3) is 10.9 Å². The molecule has 1 aliphatic carbocycles. The number of thioether (sulfide) groups is 1. The van der Waals surface area contributed by atoms with Crippen LogP contribution in [-0.4, -0.2) is 46.0 Å². The summed E-state index contributed by atoms with van der Waals surface area (Å²) in [7, 11) is 0. The molecule has 0 radical (unpaired) electrons. The molecule has 2 aromatic rings. The number of benzene rings is 1. The SMILES string of the molecule is CCOCCCn1c(SC(C)C(=O)NC(=O)NC2CCCCC2)nc2cc(Cl)ccc2c1=O. The first-order valence-corrected chi connectivity index (χ1v) is 12.7. The van der Waals surface area contributed by atoms with Gasteiger partial charge in [-0.2, -0.15) is 0 Å². The van der Waals surface area contributed by atoms with Gasteiger partial charge in [0.2, 0.25) is 5.91 Å². The van der Waals surface area contributed by atoms with Crippen LogP contribution in [0.2, 0.25) is 5.02 Å². The monoisotopic (exact) mass is 494 g/mol.